The summed E-state index contributed by atoms with van der Waals surface area (Å²) < 4.78 is 0.546. The highest BCUT2D eigenvalue weighted by atomic mass is 16.4. The van der Waals surface area contributed by atoms with Crippen molar-refractivity contribution < 1.29 is 19.2 Å². The number of carboxylic acid groups (broad SMARTS) is 1. The summed E-state index contributed by atoms with van der Waals surface area (Å²) in [4.78, 5) is 24.8. The minimum Gasteiger partial charge on any atom is -0.481 e. The van der Waals surface area contributed by atoms with Crippen molar-refractivity contribution in [1.82, 2.24) is 0 Å². The highest BCUT2D eigenvalue weighted by Gasteiger charge is 2.39. The van der Waals surface area contributed by atoms with Crippen molar-refractivity contribution in [3.05, 3.63) is 70.8 Å². The number of quaternary nitrogens is 1. The van der Waals surface area contributed by atoms with Gasteiger partial charge in [-0.15, -0.1) is 0 Å². The average Bonchev–Trinajstić information content (AvgIpc) is 2.65. The number of hydrogen-bond donors (Lipinski definition) is 1. The molecular weight excluding hydrogens is 350 g/mol. The summed E-state index contributed by atoms with van der Waals surface area (Å²) in [6.07, 6.45) is 1.97. The van der Waals surface area contributed by atoms with Gasteiger partial charge in [0.15, 0.2) is 5.78 Å². The molecule has 1 saturated heterocycles. The summed E-state index contributed by atoms with van der Waals surface area (Å²) in [7, 11) is 0. The van der Waals surface area contributed by atoms with Gasteiger partial charge in [0.2, 0.25) is 0 Å². The second-order valence-electron chi connectivity index (χ2n) is 8.31. The maximum absolute atomic E-state index is 13.1. The van der Waals surface area contributed by atoms with Crippen LogP contribution in [0.2, 0.25) is 0 Å². The molecular formula is C24H30NO3+. The Bertz CT molecular complexity index is 826. The second-order valence-corrected chi connectivity index (χ2v) is 8.31. The summed E-state index contributed by atoms with van der Waals surface area (Å²) in [6, 6.07) is 16.2. The first kappa shape index (κ1) is 20.3. The lowest BCUT2D eigenvalue weighted by atomic mass is 9.93. The number of carboxylic acids is 1. The fourth-order valence-electron chi connectivity index (χ4n) is 4.59. The van der Waals surface area contributed by atoms with Crippen molar-refractivity contribution in [2.45, 2.75) is 39.7 Å². The molecule has 0 spiro atoms. The van der Waals surface area contributed by atoms with Gasteiger partial charge in [-0.25, -0.2) is 0 Å². The molecule has 0 amide bonds. The van der Waals surface area contributed by atoms with Crippen LogP contribution in [0.25, 0.3) is 0 Å². The van der Waals surface area contributed by atoms with Gasteiger partial charge >= 0.3 is 5.97 Å². The molecule has 1 fully saturated rings. The molecule has 28 heavy (non-hydrogen) atoms. The van der Waals surface area contributed by atoms with Crippen LogP contribution in [-0.2, 0) is 22.6 Å². The van der Waals surface area contributed by atoms with E-state index in [0.717, 1.165) is 35.2 Å². The van der Waals surface area contributed by atoms with Crippen molar-refractivity contribution in [1.29, 1.82) is 0 Å². The molecule has 148 valence electrons. The molecule has 0 radical (unpaired) electrons. The first-order valence-corrected chi connectivity index (χ1v) is 10.1. The first-order chi connectivity index (χ1) is 13.4. The quantitative estimate of drug-likeness (QED) is 0.741. The molecule has 0 saturated carbocycles. The second kappa shape index (κ2) is 8.70. The topological polar surface area (TPSA) is 54.4 Å². The number of carbonyl (C=O) groups is 2. The average molecular weight is 381 g/mol. The number of Topliss-reactive ketones (excluding diaryl/α,β-unsaturated/α-hetero) is 1. The highest BCUT2D eigenvalue weighted by molar-refractivity contribution is 5.82. The van der Waals surface area contributed by atoms with Crippen LogP contribution in [0.1, 0.15) is 35.1 Å². The molecule has 0 aliphatic carbocycles. The first-order valence-electron chi connectivity index (χ1n) is 10.1. The molecule has 2 atom stereocenters. The van der Waals surface area contributed by atoms with Crippen molar-refractivity contribution in [3.8, 4) is 0 Å². The van der Waals surface area contributed by atoms with Gasteiger partial charge in [0.25, 0.3) is 0 Å². The number of nitrogens with zero attached hydrogens (tertiary/aromatic N) is 1. The molecule has 4 nitrogen and oxygen atoms in total. The molecule has 1 aliphatic heterocycles. The van der Waals surface area contributed by atoms with E-state index < -0.39 is 5.97 Å². The standard InChI is InChI=1S/C24H29NO3/c1-18-8-6-9-19(2)23(18)14-22(26)17-25(15-20-10-4-3-5-11-20)13-7-12-21(16-25)24(27)28/h3-6,8-11,21H,7,12-17H2,1-2H3/p+1. The van der Waals surface area contributed by atoms with E-state index in [1.807, 2.05) is 50.2 Å². The van der Waals surface area contributed by atoms with Crippen molar-refractivity contribution >= 4 is 11.8 Å². The fraction of sp³-hybridized carbons (Fsp3) is 0.417. The maximum Gasteiger partial charge on any atom is 0.312 e. The number of benzene rings is 2. The van der Waals surface area contributed by atoms with Crippen molar-refractivity contribution in [3.63, 3.8) is 0 Å². The van der Waals surface area contributed by atoms with E-state index in [-0.39, 0.29) is 11.7 Å². The summed E-state index contributed by atoms with van der Waals surface area (Å²) >= 11 is 0. The Morgan fingerprint density at radius 1 is 1.04 bits per heavy atom. The number of ketones is 1. The zero-order chi connectivity index (χ0) is 20.1. The van der Waals surface area contributed by atoms with Gasteiger partial charge in [-0.3, -0.25) is 9.59 Å². The SMILES string of the molecule is Cc1cccc(C)c1CC(=O)C[N+]1(Cc2ccccc2)CCCC(C(=O)O)C1. The van der Waals surface area contributed by atoms with Gasteiger partial charge < -0.3 is 9.59 Å². The lowest BCUT2D eigenvalue weighted by Crippen LogP contribution is -2.57. The van der Waals surface area contributed by atoms with Crippen LogP contribution in [0.3, 0.4) is 0 Å². The lowest BCUT2D eigenvalue weighted by Gasteiger charge is -2.43. The van der Waals surface area contributed by atoms with E-state index >= 15 is 0 Å². The molecule has 2 unspecified atom stereocenters. The number of aliphatic carboxylic acids is 1. The van der Waals surface area contributed by atoms with Crippen LogP contribution in [0.5, 0.6) is 0 Å². The highest BCUT2D eigenvalue weighted by Crippen LogP contribution is 2.27. The van der Waals surface area contributed by atoms with E-state index in [2.05, 4.69) is 12.1 Å². The van der Waals surface area contributed by atoms with Crippen LogP contribution in [0.4, 0.5) is 0 Å². The third-order valence-corrected chi connectivity index (χ3v) is 6.03. The summed E-state index contributed by atoms with van der Waals surface area (Å²) in [6.45, 7) is 6.59. The largest absolute Gasteiger partial charge is 0.481 e. The monoisotopic (exact) mass is 380 g/mol. The zero-order valence-corrected chi connectivity index (χ0v) is 16.9. The molecule has 0 aromatic heterocycles. The maximum atomic E-state index is 13.1. The minimum atomic E-state index is -0.738. The smallest absolute Gasteiger partial charge is 0.312 e. The van der Waals surface area contributed by atoms with Crippen LogP contribution in [0.15, 0.2) is 48.5 Å². The Kier molecular flexibility index (Phi) is 6.30. The number of piperidine rings is 1. The molecule has 2 aromatic rings. The molecule has 1 heterocycles. The Morgan fingerprint density at radius 3 is 2.36 bits per heavy atom. The van der Waals surface area contributed by atoms with Crippen LogP contribution < -0.4 is 0 Å². The Balaban J connectivity index is 1.82. The van der Waals surface area contributed by atoms with Gasteiger partial charge in [0.1, 0.15) is 19.0 Å². The van der Waals surface area contributed by atoms with Crippen LogP contribution >= 0.6 is 0 Å². The number of likely N-dealkylation sites (tertiary alicyclic amines) is 1. The van der Waals surface area contributed by atoms with E-state index in [0.29, 0.717) is 37.0 Å². The van der Waals surface area contributed by atoms with Crippen LogP contribution in [0, 0.1) is 19.8 Å². The molecule has 1 aliphatic rings. The molecule has 3 rings (SSSR count). The van der Waals surface area contributed by atoms with Crippen molar-refractivity contribution in [2.75, 3.05) is 19.6 Å². The zero-order valence-electron chi connectivity index (χ0n) is 16.9. The number of aryl methyl sites for hydroxylation is 2. The van der Waals surface area contributed by atoms with Gasteiger partial charge in [-0.05, 0) is 43.4 Å². The minimum absolute atomic E-state index is 0.194. The normalized spacial score (nSPS) is 22.0. The lowest BCUT2D eigenvalue weighted by molar-refractivity contribution is -0.940. The molecule has 0 bridgehead atoms. The molecule has 4 heteroatoms. The van der Waals surface area contributed by atoms with E-state index in [9.17, 15) is 14.7 Å². The number of hydrogen-bond acceptors (Lipinski definition) is 2. The Hall–Kier alpha value is -2.46. The predicted molar refractivity (Wildman–Crippen MR) is 110 cm³/mol. The Morgan fingerprint density at radius 2 is 1.71 bits per heavy atom. The molecule has 1 N–H and O–H groups in total. The van der Waals surface area contributed by atoms with Gasteiger partial charge in [-0.2, -0.15) is 0 Å². The summed E-state index contributed by atoms with van der Waals surface area (Å²) in [5.41, 5.74) is 4.56. The van der Waals surface area contributed by atoms with Gasteiger partial charge in [-0.1, -0.05) is 48.5 Å². The summed E-state index contributed by atoms with van der Waals surface area (Å²) in [5.74, 6) is -0.915. The van der Waals surface area contributed by atoms with E-state index in [1.54, 1.807) is 0 Å². The van der Waals surface area contributed by atoms with Gasteiger partial charge in [0.05, 0.1) is 13.1 Å². The van der Waals surface area contributed by atoms with E-state index in [1.165, 1.54) is 0 Å². The Labute approximate surface area is 167 Å². The predicted octanol–water partition coefficient (Wildman–Crippen LogP) is 3.93. The van der Waals surface area contributed by atoms with E-state index in [4.69, 9.17) is 0 Å². The molecule has 2 aromatic carbocycles. The third-order valence-electron chi connectivity index (χ3n) is 6.03. The fourth-order valence-corrected chi connectivity index (χ4v) is 4.59. The third kappa shape index (κ3) is 4.87. The summed E-state index contributed by atoms with van der Waals surface area (Å²) in [5, 5.41) is 9.58. The van der Waals surface area contributed by atoms with Gasteiger partial charge in [0, 0.05) is 12.0 Å². The number of carbonyl (C=O) groups excluding carboxylic acids is 1. The van der Waals surface area contributed by atoms with Crippen LogP contribution in [-0.4, -0.2) is 41.0 Å². The van der Waals surface area contributed by atoms with Crippen molar-refractivity contribution in [2.24, 2.45) is 5.92 Å². The number of rotatable bonds is 7.